The number of nitrogens with one attached hydrogen (secondary N) is 1. The summed E-state index contributed by atoms with van der Waals surface area (Å²) in [5.41, 5.74) is 2.02. The zero-order valence-electron chi connectivity index (χ0n) is 21.2. The number of pyridine rings is 1. The number of piperidine rings is 1. The summed E-state index contributed by atoms with van der Waals surface area (Å²) in [6.07, 6.45) is 4.68. The van der Waals surface area contributed by atoms with E-state index in [0.29, 0.717) is 48.4 Å². The number of hydrogen-bond acceptors (Lipinski definition) is 6. The summed E-state index contributed by atoms with van der Waals surface area (Å²) in [5, 5.41) is 0. The number of carbonyl (C=O) groups excluding carboxylic acids is 2. The van der Waals surface area contributed by atoms with Crippen molar-refractivity contribution in [3.63, 3.8) is 0 Å². The first-order valence-electron chi connectivity index (χ1n) is 12.6. The third-order valence-electron chi connectivity index (χ3n) is 6.71. The lowest BCUT2D eigenvalue weighted by Crippen LogP contribution is -2.43. The van der Waals surface area contributed by atoms with E-state index in [4.69, 9.17) is 0 Å². The standard InChI is InChI=1S/C28H31FN4O4S/c1-2-38(36,37)31-25-11-7-23(8-12-25)28(35)33(26-4-3-15-30-20-26)19-18-32-16-13-22(14-17-32)27(34)21-5-9-24(29)10-6-21/h3-12,15,20,22,31H,2,13-14,16-19H2,1H3. The number of benzene rings is 2. The van der Waals surface area contributed by atoms with Gasteiger partial charge in [-0.05, 0) is 93.5 Å². The molecule has 1 N–H and O–H groups in total. The largest absolute Gasteiger partial charge is 0.306 e. The molecule has 1 amide bonds. The number of aromatic nitrogens is 1. The van der Waals surface area contributed by atoms with Crippen molar-refractivity contribution in [2.45, 2.75) is 19.8 Å². The van der Waals surface area contributed by atoms with Crippen LogP contribution in [0.15, 0.2) is 73.1 Å². The number of halogens is 1. The molecule has 3 aromatic rings. The van der Waals surface area contributed by atoms with Gasteiger partial charge < -0.3 is 9.80 Å². The molecule has 0 radical (unpaired) electrons. The minimum Gasteiger partial charge on any atom is -0.306 e. The highest BCUT2D eigenvalue weighted by Gasteiger charge is 2.27. The molecule has 0 saturated carbocycles. The minimum atomic E-state index is -3.41. The Morgan fingerprint density at radius 3 is 2.29 bits per heavy atom. The molecule has 1 aromatic heterocycles. The number of rotatable bonds is 10. The molecule has 1 aliphatic heterocycles. The van der Waals surface area contributed by atoms with Crippen molar-refractivity contribution >= 4 is 33.1 Å². The van der Waals surface area contributed by atoms with Crippen LogP contribution >= 0.6 is 0 Å². The topological polar surface area (TPSA) is 99.7 Å². The van der Waals surface area contributed by atoms with Gasteiger partial charge in [0, 0.05) is 42.0 Å². The molecule has 2 heterocycles. The van der Waals surface area contributed by atoms with Gasteiger partial charge in [-0.3, -0.25) is 19.3 Å². The highest BCUT2D eigenvalue weighted by molar-refractivity contribution is 7.92. The maximum absolute atomic E-state index is 13.5. The van der Waals surface area contributed by atoms with Crippen molar-refractivity contribution in [1.29, 1.82) is 0 Å². The lowest BCUT2D eigenvalue weighted by Gasteiger charge is -2.33. The van der Waals surface area contributed by atoms with Gasteiger partial charge in [-0.25, -0.2) is 12.8 Å². The molecule has 1 saturated heterocycles. The Hall–Kier alpha value is -3.63. The normalized spacial score (nSPS) is 14.7. The van der Waals surface area contributed by atoms with E-state index < -0.39 is 10.0 Å². The first kappa shape index (κ1) is 27.4. The zero-order chi connectivity index (χ0) is 27.1. The second-order valence-electron chi connectivity index (χ2n) is 9.24. The number of amides is 1. The number of ketones is 1. The van der Waals surface area contributed by atoms with E-state index in [0.717, 1.165) is 13.1 Å². The van der Waals surface area contributed by atoms with Crippen LogP contribution in [0.3, 0.4) is 0 Å². The molecule has 200 valence electrons. The highest BCUT2D eigenvalue weighted by Crippen LogP contribution is 2.23. The van der Waals surface area contributed by atoms with Crippen LogP contribution in [-0.4, -0.2) is 61.9 Å². The molecule has 0 bridgehead atoms. The highest BCUT2D eigenvalue weighted by atomic mass is 32.2. The van der Waals surface area contributed by atoms with Gasteiger partial charge in [0.25, 0.3) is 5.91 Å². The van der Waals surface area contributed by atoms with Gasteiger partial charge in [-0.15, -0.1) is 0 Å². The van der Waals surface area contributed by atoms with Crippen molar-refractivity contribution in [3.8, 4) is 0 Å². The van der Waals surface area contributed by atoms with E-state index in [1.165, 1.54) is 24.3 Å². The second kappa shape index (κ2) is 12.3. The Bertz CT molecular complexity index is 1340. The third kappa shape index (κ3) is 7.02. The maximum Gasteiger partial charge on any atom is 0.258 e. The summed E-state index contributed by atoms with van der Waals surface area (Å²) in [6.45, 7) is 4.04. The summed E-state index contributed by atoms with van der Waals surface area (Å²) in [4.78, 5) is 34.3. The average molecular weight is 539 g/mol. The summed E-state index contributed by atoms with van der Waals surface area (Å²) in [7, 11) is -3.41. The fraction of sp³-hybridized carbons (Fsp3) is 0.321. The first-order chi connectivity index (χ1) is 18.3. The fourth-order valence-electron chi connectivity index (χ4n) is 4.46. The van der Waals surface area contributed by atoms with E-state index in [-0.39, 0.29) is 29.2 Å². The summed E-state index contributed by atoms with van der Waals surface area (Å²) in [5.74, 6) is -0.677. The molecule has 1 aliphatic rings. The Morgan fingerprint density at radius 1 is 1.03 bits per heavy atom. The summed E-state index contributed by atoms with van der Waals surface area (Å²) >= 11 is 0. The number of carbonyl (C=O) groups is 2. The molecule has 2 aromatic carbocycles. The molecular weight excluding hydrogens is 507 g/mol. The minimum absolute atomic E-state index is 0.0416. The molecule has 0 spiro atoms. The monoisotopic (exact) mass is 538 g/mol. The van der Waals surface area contributed by atoms with E-state index >= 15 is 0 Å². The quantitative estimate of drug-likeness (QED) is 0.388. The predicted molar refractivity (Wildman–Crippen MR) is 145 cm³/mol. The van der Waals surface area contributed by atoms with Crippen LogP contribution in [0.1, 0.15) is 40.5 Å². The Morgan fingerprint density at radius 2 is 1.68 bits per heavy atom. The van der Waals surface area contributed by atoms with Crippen molar-refractivity contribution < 1.29 is 22.4 Å². The average Bonchev–Trinajstić information content (AvgIpc) is 2.94. The Labute approximate surface area is 222 Å². The molecule has 0 atom stereocenters. The Balaban J connectivity index is 1.39. The number of Topliss-reactive ketones (excluding diaryl/α,β-unsaturated/α-hetero) is 1. The summed E-state index contributed by atoms with van der Waals surface area (Å²) in [6, 6.07) is 15.6. The van der Waals surface area contributed by atoms with Gasteiger partial charge >= 0.3 is 0 Å². The number of hydrogen-bond donors (Lipinski definition) is 1. The number of anilines is 2. The maximum atomic E-state index is 13.5. The predicted octanol–water partition coefficient (Wildman–Crippen LogP) is 4.22. The Kier molecular flexibility index (Phi) is 8.85. The van der Waals surface area contributed by atoms with Crippen LogP contribution in [-0.2, 0) is 10.0 Å². The van der Waals surface area contributed by atoms with Crippen LogP contribution in [0.25, 0.3) is 0 Å². The number of nitrogens with zero attached hydrogens (tertiary/aromatic N) is 3. The van der Waals surface area contributed by atoms with Crippen LogP contribution in [0.5, 0.6) is 0 Å². The van der Waals surface area contributed by atoms with E-state index in [1.54, 1.807) is 54.5 Å². The van der Waals surface area contributed by atoms with Crippen LogP contribution in [0, 0.1) is 11.7 Å². The molecule has 38 heavy (non-hydrogen) atoms. The van der Waals surface area contributed by atoms with Gasteiger partial charge in [0.15, 0.2) is 5.78 Å². The molecule has 0 aliphatic carbocycles. The molecule has 1 fully saturated rings. The first-order valence-corrected chi connectivity index (χ1v) is 14.3. The van der Waals surface area contributed by atoms with Gasteiger partial charge in [0.2, 0.25) is 10.0 Å². The molecule has 4 rings (SSSR count). The lowest BCUT2D eigenvalue weighted by atomic mass is 9.89. The van der Waals surface area contributed by atoms with E-state index in [9.17, 15) is 22.4 Å². The summed E-state index contributed by atoms with van der Waals surface area (Å²) < 4.78 is 39.3. The number of sulfonamides is 1. The van der Waals surface area contributed by atoms with E-state index in [2.05, 4.69) is 14.6 Å². The lowest BCUT2D eigenvalue weighted by molar-refractivity contribution is 0.0841. The molecule has 8 nitrogen and oxygen atoms in total. The van der Waals surface area contributed by atoms with Crippen LogP contribution in [0.4, 0.5) is 15.8 Å². The van der Waals surface area contributed by atoms with Crippen molar-refractivity contribution in [2.24, 2.45) is 5.92 Å². The SMILES string of the molecule is CCS(=O)(=O)Nc1ccc(C(=O)N(CCN2CCC(C(=O)c3ccc(F)cc3)CC2)c2cccnc2)cc1. The third-order valence-corrected chi connectivity index (χ3v) is 8.02. The fourth-order valence-corrected chi connectivity index (χ4v) is 5.10. The zero-order valence-corrected chi connectivity index (χ0v) is 22.0. The van der Waals surface area contributed by atoms with Crippen LogP contribution < -0.4 is 9.62 Å². The van der Waals surface area contributed by atoms with Crippen LogP contribution in [0.2, 0.25) is 0 Å². The van der Waals surface area contributed by atoms with Crippen molar-refractivity contribution in [2.75, 3.05) is 41.6 Å². The second-order valence-corrected chi connectivity index (χ2v) is 11.2. The van der Waals surface area contributed by atoms with Gasteiger partial charge in [0.05, 0.1) is 17.6 Å². The van der Waals surface area contributed by atoms with Crippen molar-refractivity contribution in [1.82, 2.24) is 9.88 Å². The van der Waals surface area contributed by atoms with Gasteiger partial charge in [-0.2, -0.15) is 0 Å². The van der Waals surface area contributed by atoms with Crippen molar-refractivity contribution in [3.05, 3.63) is 90.0 Å². The smallest absolute Gasteiger partial charge is 0.258 e. The van der Waals surface area contributed by atoms with Gasteiger partial charge in [0.1, 0.15) is 5.82 Å². The van der Waals surface area contributed by atoms with E-state index in [1.807, 2.05) is 6.07 Å². The van der Waals surface area contributed by atoms with Gasteiger partial charge in [-0.1, -0.05) is 0 Å². The molecule has 10 heteroatoms. The number of likely N-dealkylation sites (tertiary alicyclic amines) is 1. The molecular formula is C28H31FN4O4S. The molecule has 0 unspecified atom stereocenters.